The van der Waals surface area contributed by atoms with Crippen molar-refractivity contribution in [2.75, 3.05) is 34.0 Å². The first-order valence-electron chi connectivity index (χ1n) is 14.4. The molecular formula is C35H36O10. The molecule has 0 N–H and O–H groups in total. The summed E-state index contributed by atoms with van der Waals surface area (Å²) in [6.45, 7) is 5.37. The fourth-order valence-electron chi connectivity index (χ4n) is 4.25. The Balaban J connectivity index is 1.30. The van der Waals surface area contributed by atoms with Gasteiger partial charge in [0.05, 0.1) is 34.5 Å². The van der Waals surface area contributed by atoms with Gasteiger partial charge in [-0.2, -0.15) is 0 Å². The molecule has 3 atom stereocenters. The van der Waals surface area contributed by atoms with E-state index in [-0.39, 0.29) is 32.0 Å². The third-order valence-electron chi connectivity index (χ3n) is 7.08. The van der Waals surface area contributed by atoms with Gasteiger partial charge in [-0.25, -0.2) is 19.2 Å². The number of ether oxygens (including phenoxy) is 6. The van der Waals surface area contributed by atoms with Gasteiger partial charge >= 0.3 is 23.9 Å². The standard InChI is InChI=1S/C35H36O10/c1-21(40-4)18-42-32(36)28-10-6-25-15-30(11-7-24(25)14-28)34(38)44-20-23(3)45-35(39)31-13-9-26-16-29(12-8-27(26)17-31)33(37)43-19-22(2)41-5/h6-17,21-23H,18-20H2,1-5H3. The minimum absolute atomic E-state index is 0.143. The van der Waals surface area contributed by atoms with Crippen LogP contribution in [0, 0.1) is 0 Å². The van der Waals surface area contributed by atoms with Crippen molar-refractivity contribution >= 4 is 45.4 Å². The second-order valence-corrected chi connectivity index (χ2v) is 10.7. The number of hydrogen-bond acceptors (Lipinski definition) is 10. The van der Waals surface area contributed by atoms with Crippen molar-refractivity contribution in [1.29, 1.82) is 0 Å². The highest BCUT2D eigenvalue weighted by atomic mass is 16.6. The molecule has 4 aromatic carbocycles. The predicted molar refractivity (Wildman–Crippen MR) is 167 cm³/mol. The van der Waals surface area contributed by atoms with Crippen molar-refractivity contribution in [2.24, 2.45) is 0 Å². The third kappa shape index (κ3) is 8.87. The maximum Gasteiger partial charge on any atom is 0.338 e. The van der Waals surface area contributed by atoms with E-state index < -0.39 is 30.0 Å². The molecule has 0 aromatic heterocycles. The lowest BCUT2D eigenvalue weighted by molar-refractivity contribution is 0.00450. The molecule has 0 bridgehead atoms. The summed E-state index contributed by atoms with van der Waals surface area (Å²) in [5.41, 5.74) is 1.41. The summed E-state index contributed by atoms with van der Waals surface area (Å²) in [6, 6.07) is 20.1. The molecule has 10 nitrogen and oxygen atoms in total. The minimum Gasteiger partial charge on any atom is -0.459 e. The van der Waals surface area contributed by atoms with Gasteiger partial charge in [0.25, 0.3) is 0 Å². The second-order valence-electron chi connectivity index (χ2n) is 10.7. The zero-order valence-electron chi connectivity index (χ0n) is 25.9. The van der Waals surface area contributed by atoms with Gasteiger partial charge in [-0.3, -0.25) is 0 Å². The molecule has 0 aliphatic rings. The van der Waals surface area contributed by atoms with Gasteiger partial charge in [-0.05, 0) is 90.8 Å². The Bertz CT molecular complexity index is 1690. The predicted octanol–water partition coefficient (Wildman–Crippen LogP) is 5.78. The lowest BCUT2D eigenvalue weighted by Crippen LogP contribution is -2.22. The molecule has 0 saturated carbocycles. The molecule has 0 aliphatic carbocycles. The first-order chi connectivity index (χ1) is 21.6. The van der Waals surface area contributed by atoms with Crippen molar-refractivity contribution in [1.82, 2.24) is 0 Å². The van der Waals surface area contributed by atoms with Gasteiger partial charge in [0.15, 0.2) is 0 Å². The maximum atomic E-state index is 12.8. The summed E-state index contributed by atoms with van der Waals surface area (Å²) >= 11 is 0. The number of esters is 4. The van der Waals surface area contributed by atoms with Crippen LogP contribution in [-0.2, 0) is 28.4 Å². The van der Waals surface area contributed by atoms with Crippen molar-refractivity contribution in [3.05, 3.63) is 95.1 Å². The molecule has 0 radical (unpaired) electrons. The van der Waals surface area contributed by atoms with Gasteiger partial charge in [-0.1, -0.05) is 24.3 Å². The molecule has 4 rings (SSSR count). The van der Waals surface area contributed by atoms with Crippen molar-refractivity contribution in [2.45, 2.75) is 39.1 Å². The van der Waals surface area contributed by atoms with E-state index in [0.717, 1.165) is 21.5 Å². The SMILES string of the molecule is COC(C)COC(=O)c1ccc2cc(C(=O)OCC(C)OC(=O)c3ccc4cc(C(=O)OCC(C)OC)ccc4c3)ccc2c1. The minimum atomic E-state index is -0.710. The van der Waals surface area contributed by atoms with E-state index in [1.54, 1.807) is 108 Å². The molecule has 236 valence electrons. The number of benzene rings is 4. The Morgan fingerprint density at radius 3 is 1.07 bits per heavy atom. The van der Waals surface area contributed by atoms with E-state index in [1.165, 1.54) is 0 Å². The largest absolute Gasteiger partial charge is 0.459 e. The fraction of sp³-hybridized carbons (Fsp3) is 0.314. The second kappa shape index (κ2) is 15.3. The molecule has 3 unspecified atom stereocenters. The van der Waals surface area contributed by atoms with Gasteiger partial charge in [0, 0.05) is 14.2 Å². The van der Waals surface area contributed by atoms with E-state index in [9.17, 15) is 19.2 Å². The fourth-order valence-corrected chi connectivity index (χ4v) is 4.25. The summed E-state index contributed by atoms with van der Waals surface area (Å²) in [5, 5.41) is 3.00. The zero-order chi connectivity index (χ0) is 32.5. The Morgan fingerprint density at radius 1 is 0.467 bits per heavy atom. The number of carbonyl (C=O) groups excluding carboxylic acids is 4. The third-order valence-corrected chi connectivity index (χ3v) is 7.08. The number of rotatable bonds is 13. The molecule has 0 heterocycles. The van der Waals surface area contributed by atoms with Gasteiger partial charge in [0.2, 0.25) is 0 Å². The Hall–Kier alpha value is -4.80. The van der Waals surface area contributed by atoms with Crippen LogP contribution >= 0.6 is 0 Å². The molecule has 4 aromatic rings. The normalized spacial score (nSPS) is 13.1. The van der Waals surface area contributed by atoms with E-state index in [2.05, 4.69) is 0 Å². The number of methoxy groups -OCH3 is 2. The highest BCUT2D eigenvalue weighted by Gasteiger charge is 2.17. The van der Waals surface area contributed by atoms with Crippen molar-refractivity contribution in [3.8, 4) is 0 Å². The Labute approximate surface area is 261 Å². The molecule has 0 fully saturated rings. The average molecular weight is 617 g/mol. The highest BCUT2D eigenvalue weighted by Crippen LogP contribution is 2.21. The van der Waals surface area contributed by atoms with Crippen molar-refractivity contribution in [3.63, 3.8) is 0 Å². The number of carbonyl (C=O) groups is 4. The van der Waals surface area contributed by atoms with Gasteiger partial charge in [0.1, 0.15) is 25.9 Å². The van der Waals surface area contributed by atoms with Crippen LogP contribution in [0.1, 0.15) is 62.2 Å². The van der Waals surface area contributed by atoms with Crippen LogP contribution in [0.15, 0.2) is 72.8 Å². The monoisotopic (exact) mass is 616 g/mol. The van der Waals surface area contributed by atoms with Crippen molar-refractivity contribution < 1.29 is 47.6 Å². The maximum absolute atomic E-state index is 12.8. The Morgan fingerprint density at radius 2 is 0.756 bits per heavy atom. The van der Waals surface area contributed by atoms with Crippen LogP contribution in [-0.4, -0.2) is 76.2 Å². The summed E-state index contributed by atoms with van der Waals surface area (Å²) in [5.74, 6) is -2.07. The van der Waals surface area contributed by atoms with Crippen LogP contribution in [0.4, 0.5) is 0 Å². The zero-order valence-corrected chi connectivity index (χ0v) is 25.9. The van der Waals surface area contributed by atoms with E-state index in [1.807, 2.05) is 0 Å². The van der Waals surface area contributed by atoms with Crippen LogP contribution in [0.3, 0.4) is 0 Å². The quantitative estimate of drug-likeness (QED) is 0.135. The molecule has 0 saturated heterocycles. The lowest BCUT2D eigenvalue weighted by Gasteiger charge is -2.14. The summed E-state index contributed by atoms with van der Waals surface area (Å²) in [6.07, 6.45) is -1.13. The molecule has 0 amide bonds. The van der Waals surface area contributed by atoms with Crippen LogP contribution < -0.4 is 0 Å². The van der Waals surface area contributed by atoms with Crippen LogP contribution in [0.5, 0.6) is 0 Å². The first-order valence-corrected chi connectivity index (χ1v) is 14.4. The van der Waals surface area contributed by atoms with E-state index in [0.29, 0.717) is 22.3 Å². The van der Waals surface area contributed by atoms with E-state index in [4.69, 9.17) is 28.4 Å². The molecule has 0 spiro atoms. The topological polar surface area (TPSA) is 124 Å². The number of hydrogen-bond donors (Lipinski definition) is 0. The van der Waals surface area contributed by atoms with Gasteiger partial charge in [-0.15, -0.1) is 0 Å². The summed E-state index contributed by atoms with van der Waals surface area (Å²) in [7, 11) is 3.09. The number of fused-ring (bicyclic) bond motifs is 2. The van der Waals surface area contributed by atoms with Crippen LogP contribution in [0.25, 0.3) is 21.5 Å². The highest BCUT2D eigenvalue weighted by molar-refractivity contribution is 6.00. The van der Waals surface area contributed by atoms with Gasteiger partial charge < -0.3 is 28.4 Å². The molecular weight excluding hydrogens is 580 g/mol. The van der Waals surface area contributed by atoms with E-state index >= 15 is 0 Å². The molecule has 0 aliphatic heterocycles. The molecule has 45 heavy (non-hydrogen) atoms. The Kier molecular flexibility index (Phi) is 11.2. The average Bonchev–Trinajstić information content (AvgIpc) is 3.06. The summed E-state index contributed by atoms with van der Waals surface area (Å²) < 4.78 is 31.6. The first kappa shape index (κ1) is 33.1. The van der Waals surface area contributed by atoms with Crippen LogP contribution in [0.2, 0.25) is 0 Å². The summed E-state index contributed by atoms with van der Waals surface area (Å²) in [4.78, 5) is 50.2. The smallest absolute Gasteiger partial charge is 0.338 e. The lowest BCUT2D eigenvalue weighted by atomic mass is 10.0. The molecule has 10 heteroatoms.